The summed E-state index contributed by atoms with van der Waals surface area (Å²) in [5.41, 5.74) is 6.57. The maximum absolute atomic E-state index is 6.29. The van der Waals surface area contributed by atoms with Crippen LogP contribution in [0.1, 0.15) is 53.4 Å². The van der Waals surface area contributed by atoms with Crippen molar-refractivity contribution in [2.45, 2.75) is 63.7 Å². The summed E-state index contributed by atoms with van der Waals surface area (Å²) in [7, 11) is 0. The molecule has 112 valence electrons. The highest BCUT2D eigenvalue weighted by atomic mass is 32.2. The predicted molar refractivity (Wildman–Crippen MR) is 86.7 cm³/mol. The second-order valence-corrected chi connectivity index (χ2v) is 9.11. The van der Waals surface area contributed by atoms with Gasteiger partial charge in [0.2, 0.25) is 0 Å². The van der Waals surface area contributed by atoms with E-state index in [0.29, 0.717) is 4.75 Å². The molecule has 1 heterocycles. The Balaban J connectivity index is 2.16. The number of thioether (sulfide) groups is 1. The highest BCUT2D eigenvalue weighted by Crippen LogP contribution is 2.43. The first-order valence-electron chi connectivity index (χ1n) is 8.00. The third-order valence-corrected chi connectivity index (χ3v) is 7.16. The topological polar surface area (TPSA) is 29.3 Å². The summed E-state index contributed by atoms with van der Waals surface area (Å²) in [6, 6.07) is 0. The molecule has 0 aromatic rings. The van der Waals surface area contributed by atoms with Gasteiger partial charge in [0, 0.05) is 35.7 Å². The molecule has 1 saturated carbocycles. The van der Waals surface area contributed by atoms with E-state index in [2.05, 4.69) is 44.4 Å². The lowest BCUT2D eigenvalue weighted by Gasteiger charge is -2.52. The molecule has 3 atom stereocenters. The van der Waals surface area contributed by atoms with Crippen LogP contribution in [-0.4, -0.2) is 40.6 Å². The van der Waals surface area contributed by atoms with Crippen molar-refractivity contribution >= 4 is 11.8 Å². The molecule has 2 nitrogen and oxygen atoms in total. The maximum Gasteiger partial charge on any atom is 0.0360 e. The Bertz CT molecular complexity index is 305. The summed E-state index contributed by atoms with van der Waals surface area (Å²) in [6.45, 7) is 12.9. The largest absolute Gasteiger partial charge is 0.329 e. The van der Waals surface area contributed by atoms with Gasteiger partial charge in [0.1, 0.15) is 0 Å². The molecule has 2 aliphatic rings. The number of rotatable bonds is 2. The SMILES string of the molecule is CC1CCCC(CN)(N2CCSC(C)(C)CC2)C1C. The summed E-state index contributed by atoms with van der Waals surface area (Å²) < 4.78 is 0.439. The van der Waals surface area contributed by atoms with Crippen LogP contribution in [0.25, 0.3) is 0 Å². The second kappa shape index (κ2) is 5.95. The van der Waals surface area contributed by atoms with E-state index >= 15 is 0 Å². The molecular weight excluding hydrogens is 252 g/mol. The highest BCUT2D eigenvalue weighted by Gasteiger charge is 2.45. The van der Waals surface area contributed by atoms with Gasteiger partial charge in [-0.15, -0.1) is 0 Å². The van der Waals surface area contributed by atoms with Crippen molar-refractivity contribution in [3.8, 4) is 0 Å². The number of nitrogens with two attached hydrogens (primary N) is 1. The monoisotopic (exact) mass is 284 g/mol. The van der Waals surface area contributed by atoms with Gasteiger partial charge in [0.25, 0.3) is 0 Å². The summed E-state index contributed by atoms with van der Waals surface area (Å²) in [5.74, 6) is 2.81. The zero-order chi connectivity index (χ0) is 14.1. The molecule has 2 fully saturated rings. The minimum atomic E-state index is 0.276. The van der Waals surface area contributed by atoms with Gasteiger partial charge in [-0.05, 0) is 24.7 Å². The van der Waals surface area contributed by atoms with Crippen LogP contribution in [0.5, 0.6) is 0 Å². The minimum absolute atomic E-state index is 0.276. The molecule has 0 bridgehead atoms. The van der Waals surface area contributed by atoms with Gasteiger partial charge in [-0.25, -0.2) is 0 Å². The fourth-order valence-corrected chi connectivity index (χ4v) is 5.17. The van der Waals surface area contributed by atoms with E-state index < -0.39 is 0 Å². The maximum atomic E-state index is 6.29. The minimum Gasteiger partial charge on any atom is -0.329 e. The van der Waals surface area contributed by atoms with E-state index in [-0.39, 0.29) is 5.54 Å². The summed E-state index contributed by atoms with van der Waals surface area (Å²) in [6.07, 6.45) is 5.34. The van der Waals surface area contributed by atoms with E-state index in [1.54, 1.807) is 0 Å². The smallest absolute Gasteiger partial charge is 0.0360 e. The summed E-state index contributed by atoms with van der Waals surface area (Å²) in [4.78, 5) is 2.76. The van der Waals surface area contributed by atoms with Gasteiger partial charge in [0.15, 0.2) is 0 Å². The number of hydrogen-bond donors (Lipinski definition) is 1. The Kier molecular flexibility index (Phi) is 4.90. The molecule has 1 aliphatic heterocycles. The molecular formula is C16H32N2S. The van der Waals surface area contributed by atoms with Crippen molar-refractivity contribution in [3.05, 3.63) is 0 Å². The van der Waals surface area contributed by atoms with Crippen molar-refractivity contribution in [2.75, 3.05) is 25.4 Å². The second-order valence-electron chi connectivity index (χ2n) is 7.31. The Labute approximate surface area is 123 Å². The van der Waals surface area contributed by atoms with Crippen molar-refractivity contribution in [1.29, 1.82) is 0 Å². The third kappa shape index (κ3) is 3.14. The lowest BCUT2D eigenvalue weighted by Crippen LogP contribution is -2.61. The number of nitrogens with zero attached hydrogens (tertiary/aromatic N) is 1. The molecule has 0 amide bonds. The Hall–Kier alpha value is 0.270. The van der Waals surface area contributed by atoms with Gasteiger partial charge in [-0.2, -0.15) is 11.8 Å². The molecule has 19 heavy (non-hydrogen) atoms. The molecule has 0 spiro atoms. The first-order chi connectivity index (χ1) is 8.91. The van der Waals surface area contributed by atoms with Gasteiger partial charge in [-0.3, -0.25) is 4.90 Å². The zero-order valence-electron chi connectivity index (χ0n) is 13.2. The van der Waals surface area contributed by atoms with Gasteiger partial charge >= 0.3 is 0 Å². The molecule has 2 rings (SSSR count). The van der Waals surface area contributed by atoms with Crippen LogP contribution in [0.4, 0.5) is 0 Å². The normalized spacial score (nSPS) is 40.9. The first kappa shape index (κ1) is 15.7. The molecule has 1 aliphatic carbocycles. The fraction of sp³-hybridized carbons (Fsp3) is 1.00. The lowest BCUT2D eigenvalue weighted by molar-refractivity contribution is -0.00743. The average Bonchev–Trinajstić information content (AvgIpc) is 2.55. The van der Waals surface area contributed by atoms with E-state index in [0.717, 1.165) is 18.4 Å². The molecule has 0 aromatic carbocycles. The van der Waals surface area contributed by atoms with Gasteiger partial charge in [0.05, 0.1) is 0 Å². The molecule has 2 N–H and O–H groups in total. The van der Waals surface area contributed by atoms with E-state index in [1.165, 1.54) is 44.5 Å². The van der Waals surface area contributed by atoms with Crippen molar-refractivity contribution in [3.63, 3.8) is 0 Å². The van der Waals surface area contributed by atoms with Crippen LogP contribution in [0.3, 0.4) is 0 Å². The van der Waals surface area contributed by atoms with Crippen molar-refractivity contribution < 1.29 is 0 Å². The third-order valence-electron chi connectivity index (χ3n) is 5.79. The van der Waals surface area contributed by atoms with E-state index in [1.807, 2.05) is 0 Å². The Morgan fingerprint density at radius 2 is 1.95 bits per heavy atom. The van der Waals surface area contributed by atoms with Crippen LogP contribution in [-0.2, 0) is 0 Å². The molecule has 0 aromatic heterocycles. The standard InChI is InChI=1S/C16H32N2S/c1-13-6-5-7-16(12-17,14(13)2)18-9-8-15(3,4)19-11-10-18/h13-14H,5-12,17H2,1-4H3. The van der Waals surface area contributed by atoms with Crippen LogP contribution in [0.2, 0.25) is 0 Å². The quantitative estimate of drug-likeness (QED) is 0.843. The highest BCUT2D eigenvalue weighted by molar-refractivity contribution is 8.00. The van der Waals surface area contributed by atoms with Crippen LogP contribution < -0.4 is 5.73 Å². The Morgan fingerprint density at radius 1 is 1.21 bits per heavy atom. The molecule has 3 heteroatoms. The van der Waals surface area contributed by atoms with Crippen LogP contribution in [0, 0.1) is 11.8 Å². The average molecular weight is 285 g/mol. The zero-order valence-corrected chi connectivity index (χ0v) is 14.1. The van der Waals surface area contributed by atoms with Crippen LogP contribution in [0.15, 0.2) is 0 Å². The molecule has 0 radical (unpaired) electrons. The lowest BCUT2D eigenvalue weighted by atomic mass is 9.67. The molecule has 1 saturated heterocycles. The fourth-order valence-electron chi connectivity index (χ4n) is 4.07. The van der Waals surface area contributed by atoms with Crippen molar-refractivity contribution in [2.24, 2.45) is 17.6 Å². The van der Waals surface area contributed by atoms with Crippen LogP contribution >= 0.6 is 11.8 Å². The summed E-state index contributed by atoms with van der Waals surface area (Å²) in [5, 5.41) is 0. The number of hydrogen-bond acceptors (Lipinski definition) is 3. The molecule has 3 unspecified atom stereocenters. The van der Waals surface area contributed by atoms with E-state index in [9.17, 15) is 0 Å². The van der Waals surface area contributed by atoms with Crippen molar-refractivity contribution in [1.82, 2.24) is 4.90 Å². The van der Waals surface area contributed by atoms with E-state index in [4.69, 9.17) is 5.73 Å². The summed E-state index contributed by atoms with van der Waals surface area (Å²) >= 11 is 2.14. The van der Waals surface area contributed by atoms with Gasteiger partial charge in [-0.1, -0.05) is 40.5 Å². The Morgan fingerprint density at radius 3 is 2.63 bits per heavy atom. The predicted octanol–water partition coefficient (Wildman–Crippen LogP) is 3.36. The first-order valence-corrected chi connectivity index (χ1v) is 8.99. The van der Waals surface area contributed by atoms with Gasteiger partial charge < -0.3 is 5.73 Å².